The Morgan fingerprint density at radius 3 is 2.83 bits per heavy atom. The van der Waals surface area contributed by atoms with Crippen LogP contribution < -0.4 is 20.1 Å². The van der Waals surface area contributed by atoms with E-state index in [0.717, 1.165) is 68.8 Å². The molecule has 0 amide bonds. The van der Waals surface area contributed by atoms with Crippen molar-refractivity contribution >= 4 is 11.6 Å². The minimum absolute atomic E-state index is 0.131. The lowest BCUT2D eigenvalue weighted by Crippen LogP contribution is -2.45. The van der Waals surface area contributed by atoms with Gasteiger partial charge in [0, 0.05) is 44.4 Å². The molecule has 29 heavy (non-hydrogen) atoms. The van der Waals surface area contributed by atoms with Gasteiger partial charge in [-0.15, -0.1) is 0 Å². The molecule has 2 aliphatic rings. The molecule has 7 nitrogen and oxygen atoms in total. The third-order valence-corrected chi connectivity index (χ3v) is 4.85. The standard InChI is InChI=1S/C22H36N4O3/c1-4-8-23-22(24-14-19-16-26(9-12-27-19)15-17(2)3)25-18-6-7-20-21(13-18)29-11-5-10-28-20/h6-7,13,17,19H,4-5,8-12,14-16H2,1-3H3,(H2,23,24,25). The summed E-state index contributed by atoms with van der Waals surface area (Å²) < 4.78 is 17.5. The number of hydrogen-bond acceptors (Lipinski definition) is 5. The molecule has 0 radical (unpaired) electrons. The highest BCUT2D eigenvalue weighted by molar-refractivity contribution is 5.94. The van der Waals surface area contributed by atoms with Gasteiger partial charge in [0.1, 0.15) is 0 Å². The fourth-order valence-electron chi connectivity index (χ4n) is 3.53. The number of rotatable bonds is 7. The van der Waals surface area contributed by atoms with Crippen LogP contribution in [0.5, 0.6) is 11.5 Å². The Balaban J connectivity index is 1.62. The maximum atomic E-state index is 5.94. The number of aliphatic imine (C=N–C) groups is 1. The second-order valence-electron chi connectivity index (χ2n) is 8.10. The van der Waals surface area contributed by atoms with Crippen LogP contribution in [-0.2, 0) is 4.74 Å². The van der Waals surface area contributed by atoms with E-state index in [2.05, 4.69) is 36.3 Å². The van der Waals surface area contributed by atoms with E-state index in [4.69, 9.17) is 19.2 Å². The lowest BCUT2D eigenvalue weighted by Gasteiger charge is -2.33. The molecule has 2 heterocycles. The minimum Gasteiger partial charge on any atom is -0.490 e. The molecule has 0 spiro atoms. The first-order valence-corrected chi connectivity index (χ1v) is 10.9. The Hall–Kier alpha value is -1.99. The van der Waals surface area contributed by atoms with E-state index in [-0.39, 0.29) is 6.10 Å². The topological polar surface area (TPSA) is 67.4 Å². The molecule has 0 aliphatic carbocycles. The molecule has 1 saturated heterocycles. The van der Waals surface area contributed by atoms with Gasteiger partial charge < -0.3 is 24.8 Å². The SMILES string of the molecule is CCCNC(=NCC1CN(CC(C)C)CCO1)Nc1ccc2c(c1)OCCCO2. The van der Waals surface area contributed by atoms with Crippen LogP contribution in [0.4, 0.5) is 5.69 Å². The van der Waals surface area contributed by atoms with Gasteiger partial charge >= 0.3 is 0 Å². The normalized spacial score (nSPS) is 20.4. The van der Waals surface area contributed by atoms with Crippen LogP contribution in [-0.4, -0.2) is 69.5 Å². The maximum absolute atomic E-state index is 5.94. The predicted molar refractivity (Wildman–Crippen MR) is 117 cm³/mol. The van der Waals surface area contributed by atoms with E-state index in [1.807, 2.05) is 18.2 Å². The highest BCUT2D eigenvalue weighted by Crippen LogP contribution is 2.32. The van der Waals surface area contributed by atoms with E-state index >= 15 is 0 Å². The molecule has 1 unspecified atom stereocenters. The molecule has 1 atom stereocenters. The molecule has 2 aliphatic heterocycles. The number of guanidine groups is 1. The van der Waals surface area contributed by atoms with Gasteiger partial charge in [0.2, 0.25) is 0 Å². The van der Waals surface area contributed by atoms with E-state index < -0.39 is 0 Å². The molecule has 1 fully saturated rings. The number of nitrogens with one attached hydrogen (secondary N) is 2. The Morgan fingerprint density at radius 2 is 2.03 bits per heavy atom. The third-order valence-electron chi connectivity index (χ3n) is 4.85. The summed E-state index contributed by atoms with van der Waals surface area (Å²) in [6, 6.07) is 5.93. The van der Waals surface area contributed by atoms with E-state index in [1.54, 1.807) is 0 Å². The lowest BCUT2D eigenvalue weighted by molar-refractivity contribution is -0.0261. The van der Waals surface area contributed by atoms with Gasteiger partial charge in [-0.3, -0.25) is 9.89 Å². The summed E-state index contributed by atoms with van der Waals surface area (Å²) in [4.78, 5) is 7.27. The second kappa shape index (κ2) is 11.3. The average molecular weight is 405 g/mol. The first kappa shape index (κ1) is 21.7. The van der Waals surface area contributed by atoms with Gasteiger partial charge in [0.15, 0.2) is 17.5 Å². The summed E-state index contributed by atoms with van der Waals surface area (Å²) in [5.74, 6) is 3.02. The summed E-state index contributed by atoms with van der Waals surface area (Å²) in [6.07, 6.45) is 2.06. The average Bonchev–Trinajstić information content (AvgIpc) is 2.95. The number of nitrogens with zero attached hydrogens (tertiary/aromatic N) is 2. The number of fused-ring (bicyclic) bond motifs is 1. The number of ether oxygens (including phenoxy) is 3. The molecule has 7 heteroatoms. The van der Waals surface area contributed by atoms with Crippen LogP contribution in [0, 0.1) is 5.92 Å². The van der Waals surface area contributed by atoms with Crippen LogP contribution >= 0.6 is 0 Å². The van der Waals surface area contributed by atoms with Crippen molar-refractivity contribution in [2.75, 3.05) is 57.9 Å². The number of anilines is 1. The molecule has 0 bridgehead atoms. The summed E-state index contributed by atoms with van der Waals surface area (Å²) >= 11 is 0. The van der Waals surface area contributed by atoms with E-state index in [1.165, 1.54) is 0 Å². The van der Waals surface area contributed by atoms with Gasteiger partial charge in [0.25, 0.3) is 0 Å². The smallest absolute Gasteiger partial charge is 0.195 e. The molecule has 0 aromatic heterocycles. The summed E-state index contributed by atoms with van der Waals surface area (Å²) in [5.41, 5.74) is 0.933. The quantitative estimate of drug-likeness (QED) is 0.538. The van der Waals surface area contributed by atoms with Gasteiger partial charge in [-0.05, 0) is 24.5 Å². The van der Waals surface area contributed by atoms with Gasteiger partial charge in [-0.2, -0.15) is 0 Å². The molecule has 0 saturated carbocycles. The Morgan fingerprint density at radius 1 is 1.21 bits per heavy atom. The van der Waals surface area contributed by atoms with Crippen molar-refractivity contribution in [3.05, 3.63) is 18.2 Å². The van der Waals surface area contributed by atoms with Crippen molar-refractivity contribution in [2.24, 2.45) is 10.9 Å². The van der Waals surface area contributed by atoms with Crippen molar-refractivity contribution in [2.45, 2.75) is 39.7 Å². The van der Waals surface area contributed by atoms with Crippen LogP contribution in [0.3, 0.4) is 0 Å². The molecule has 162 valence electrons. The predicted octanol–water partition coefficient (Wildman–Crippen LogP) is 2.97. The van der Waals surface area contributed by atoms with Crippen molar-refractivity contribution in [1.82, 2.24) is 10.2 Å². The van der Waals surface area contributed by atoms with Crippen molar-refractivity contribution in [3.8, 4) is 11.5 Å². The molecular formula is C22H36N4O3. The molecule has 1 aromatic rings. The zero-order chi connectivity index (χ0) is 20.5. The van der Waals surface area contributed by atoms with E-state index in [0.29, 0.717) is 25.7 Å². The summed E-state index contributed by atoms with van der Waals surface area (Å²) in [7, 11) is 0. The number of benzene rings is 1. The lowest BCUT2D eigenvalue weighted by atomic mass is 10.2. The highest BCUT2D eigenvalue weighted by atomic mass is 16.5. The van der Waals surface area contributed by atoms with Crippen molar-refractivity contribution < 1.29 is 14.2 Å². The first-order chi connectivity index (χ1) is 14.1. The Kier molecular flexibility index (Phi) is 8.43. The minimum atomic E-state index is 0.131. The zero-order valence-corrected chi connectivity index (χ0v) is 18.1. The largest absolute Gasteiger partial charge is 0.490 e. The third kappa shape index (κ3) is 7.08. The Bertz CT molecular complexity index is 665. The number of hydrogen-bond donors (Lipinski definition) is 2. The number of morpholine rings is 1. The van der Waals surface area contributed by atoms with Crippen LogP contribution in [0.2, 0.25) is 0 Å². The van der Waals surface area contributed by atoms with Gasteiger partial charge in [0.05, 0.1) is 32.5 Å². The van der Waals surface area contributed by atoms with Crippen molar-refractivity contribution in [3.63, 3.8) is 0 Å². The van der Waals surface area contributed by atoms with Crippen LogP contribution in [0.1, 0.15) is 33.6 Å². The summed E-state index contributed by atoms with van der Waals surface area (Å²) in [5, 5.41) is 6.79. The zero-order valence-electron chi connectivity index (χ0n) is 18.1. The van der Waals surface area contributed by atoms with Crippen molar-refractivity contribution in [1.29, 1.82) is 0 Å². The molecule has 2 N–H and O–H groups in total. The fraction of sp³-hybridized carbons (Fsp3) is 0.682. The summed E-state index contributed by atoms with van der Waals surface area (Å²) in [6.45, 7) is 13.4. The highest BCUT2D eigenvalue weighted by Gasteiger charge is 2.21. The first-order valence-electron chi connectivity index (χ1n) is 10.9. The Labute approximate surface area is 174 Å². The van der Waals surface area contributed by atoms with Crippen LogP contribution in [0.25, 0.3) is 0 Å². The molecule has 1 aromatic carbocycles. The molecule has 3 rings (SSSR count). The van der Waals surface area contributed by atoms with Crippen LogP contribution in [0.15, 0.2) is 23.2 Å². The maximum Gasteiger partial charge on any atom is 0.195 e. The van der Waals surface area contributed by atoms with E-state index in [9.17, 15) is 0 Å². The fourth-order valence-corrected chi connectivity index (χ4v) is 3.53. The monoisotopic (exact) mass is 404 g/mol. The van der Waals surface area contributed by atoms with Gasteiger partial charge in [-0.1, -0.05) is 20.8 Å². The molecular weight excluding hydrogens is 368 g/mol. The second-order valence-corrected chi connectivity index (χ2v) is 8.10. The van der Waals surface area contributed by atoms with Gasteiger partial charge in [-0.25, -0.2) is 0 Å².